The molecule has 0 aromatic carbocycles. The number of hydrogen-bond acceptors (Lipinski definition) is 7. The van der Waals surface area contributed by atoms with Gasteiger partial charge in [0.05, 0.1) is 18.6 Å². The number of hydrogen-bond donors (Lipinski definition) is 1. The Morgan fingerprint density at radius 3 is 2.15 bits per heavy atom. The van der Waals surface area contributed by atoms with Crippen LogP contribution in [0.25, 0.3) is 0 Å². The number of likely N-dealkylation sites (tertiary alicyclic amines) is 1. The Morgan fingerprint density at radius 1 is 1.08 bits per heavy atom. The van der Waals surface area contributed by atoms with E-state index in [1.807, 2.05) is 0 Å². The SMILES string of the molecule is CCOC(=O)C1CCC(OC(O)(C(=O)OC(C)(C)C)N2CCCC2)CC1. The maximum absolute atomic E-state index is 12.7. The maximum atomic E-state index is 12.7. The van der Waals surface area contributed by atoms with Crippen LogP contribution < -0.4 is 0 Å². The van der Waals surface area contributed by atoms with E-state index in [0.29, 0.717) is 45.4 Å². The number of aliphatic hydroxyl groups is 1. The zero-order valence-electron chi connectivity index (χ0n) is 16.5. The molecule has 1 saturated carbocycles. The monoisotopic (exact) mass is 371 g/mol. The van der Waals surface area contributed by atoms with Crippen molar-refractivity contribution < 1.29 is 28.9 Å². The van der Waals surface area contributed by atoms with Crippen LogP contribution >= 0.6 is 0 Å². The largest absolute Gasteiger partial charge is 0.466 e. The first-order valence-electron chi connectivity index (χ1n) is 9.71. The zero-order chi connectivity index (χ0) is 19.4. The molecule has 1 atom stereocenters. The van der Waals surface area contributed by atoms with E-state index in [1.165, 1.54) is 0 Å². The van der Waals surface area contributed by atoms with E-state index in [2.05, 4.69) is 0 Å². The van der Waals surface area contributed by atoms with Crippen LogP contribution in [-0.4, -0.2) is 59.3 Å². The number of nitrogens with zero attached hydrogens (tertiary/aromatic N) is 1. The lowest BCUT2D eigenvalue weighted by atomic mass is 9.87. The summed E-state index contributed by atoms with van der Waals surface area (Å²) in [5.74, 6) is -3.13. The van der Waals surface area contributed by atoms with Crippen LogP contribution in [0.3, 0.4) is 0 Å². The summed E-state index contributed by atoms with van der Waals surface area (Å²) >= 11 is 0. The topological polar surface area (TPSA) is 85.3 Å². The van der Waals surface area contributed by atoms with E-state index in [1.54, 1.807) is 32.6 Å². The van der Waals surface area contributed by atoms with Crippen LogP contribution in [0, 0.1) is 5.92 Å². The van der Waals surface area contributed by atoms with Crippen molar-refractivity contribution in [2.24, 2.45) is 5.92 Å². The minimum Gasteiger partial charge on any atom is -0.466 e. The Kier molecular flexibility index (Phi) is 7.05. The Labute approximate surface area is 156 Å². The lowest BCUT2D eigenvalue weighted by Crippen LogP contribution is -2.59. The molecule has 0 aromatic rings. The summed E-state index contributed by atoms with van der Waals surface area (Å²) in [6.07, 6.45) is 3.99. The Balaban J connectivity index is 2.01. The molecule has 26 heavy (non-hydrogen) atoms. The normalized spacial score (nSPS) is 27.0. The average Bonchev–Trinajstić information content (AvgIpc) is 3.09. The van der Waals surface area contributed by atoms with Gasteiger partial charge >= 0.3 is 17.8 Å². The molecule has 7 heteroatoms. The lowest BCUT2D eigenvalue weighted by molar-refractivity contribution is -0.308. The third-order valence-corrected chi connectivity index (χ3v) is 4.82. The van der Waals surface area contributed by atoms with Crippen molar-refractivity contribution >= 4 is 11.9 Å². The fraction of sp³-hybridized carbons (Fsp3) is 0.895. The van der Waals surface area contributed by atoms with Gasteiger partial charge in [0, 0.05) is 13.1 Å². The van der Waals surface area contributed by atoms with Crippen LogP contribution in [0.15, 0.2) is 0 Å². The highest BCUT2D eigenvalue weighted by Gasteiger charge is 2.50. The summed E-state index contributed by atoms with van der Waals surface area (Å²) in [7, 11) is 0. The quantitative estimate of drug-likeness (QED) is 0.566. The number of esters is 2. The first-order valence-corrected chi connectivity index (χ1v) is 9.71. The third kappa shape index (κ3) is 5.41. The predicted octanol–water partition coefficient (Wildman–Crippen LogP) is 2.21. The standard InChI is InChI=1S/C19H33NO6/c1-5-24-16(21)14-8-10-15(11-9-14)25-19(23,20-12-6-7-13-20)17(22)26-18(2,3)4/h14-15,23H,5-13H2,1-4H3. The number of carbonyl (C=O) groups is 2. The van der Waals surface area contributed by atoms with Crippen molar-refractivity contribution in [2.45, 2.75) is 83.8 Å². The molecular formula is C19H33NO6. The molecule has 0 aromatic heterocycles. The highest BCUT2D eigenvalue weighted by molar-refractivity contribution is 5.77. The van der Waals surface area contributed by atoms with Crippen molar-refractivity contribution in [2.75, 3.05) is 19.7 Å². The first-order chi connectivity index (χ1) is 12.2. The van der Waals surface area contributed by atoms with E-state index in [4.69, 9.17) is 14.2 Å². The summed E-state index contributed by atoms with van der Waals surface area (Å²) in [4.78, 5) is 26.2. The predicted molar refractivity (Wildman–Crippen MR) is 95.1 cm³/mol. The van der Waals surface area contributed by atoms with Gasteiger partial charge in [0.2, 0.25) is 0 Å². The van der Waals surface area contributed by atoms with E-state index in [-0.39, 0.29) is 18.0 Å². The molecule has 1 unspecified atom stereocenters. The van der Waals surface area contributed by atoms with Crippen molar-refractivity contribution in [3.05, 3.63) is 0 Å². The van der Waals surface area contributed by atoms with Crippen LogP contribution in [0.1, 0.15) is 66.2 Å². The zero-order valence-corrected chi connectivity index (χ0v) is 16.5. The van der Waals surface area contributed by atoms with Gasteiger partial charge in [0.15, 0.2) is 0 Å². The number of ether oxygens (including phenoxy) is 3. The second-order valence-corrected chi connectivity index (χ2v) is 8.15. The maximum Gasteiger partial charge on any atom is 0.384 e. The molecular weight excluding hydrogens is 338 g/mol. The van der Waals surface area contributed by atoms with Gasteiger partial charge in [-0.3, -0.25) is 4.79 Å². The van der Waals surface area contributed by atoms with Gasteiger partial charge in [-0.2, -0.15) is 0 Å². The van der Waals surface area contributed by atoms with Gasteiger partial charge < -0.3 is 19.3 Å². The van der Waals surface area contributed by atoms with E-state index >= 15 is 0 Å². The Morgan fingerprint density at radius 2 is 1.65 bits per heavy atom. The smallest absolute Gasteiger partial charge is 0.384 e. The van der Waals surface area contributed by atoms with E-state index in [9.17, 15) is 14.7 Å². The summed E-state index contributed by atoms with van der Waals surface area (Å²) in [6, 6.07) is 0. The minimum absolute atomic E-state index is 0.129. The van der Waals surface area contributed by atoms with Crippen molar-refractivity contribution in [1.29, 1.82) is 0 Å². The summed E-state index contributed by atoms with van der Waals surface area (Å²) in [5.41, 5.74) is -0.713. The highest BCUT2D eigenvalue weighted by atomic mass is 16.7. The van der Waals surface area contributed by atoms with E-state index < -0.39 is 17.5 Å². The lowest BCUT2D eigenvalue weighted by Gasteiger charge is -2.39. The molecule has 1 aliphatic heterocycles. The van der Waals surface area contributed by atoms with Gasteiger partial charge in [-0.1, -0.05) is 0 Å². The Hall–Kier alpha value is -1.18. The molecule has 0 amide bonds. The van der Waals surface area contributed by atoms with Gasteiger partial charge in [-0.25, -0.2) is 9.69 Å². The molecule has 0 spiro atoms. The molecule has 0 bridgehead atoms. The van der Waals surface area contributed by atoms with Crippen molar-refractivity contribution in [1.82, 2.24) is 4.90 Å². The Bertz CT molecular complexity index is 489. The molecule has 2 fully saturated rings. The van der Waals surface area contributed by atoms with Gasteiger partial charge in [-0.15, -0.1) is 0 Å². The second kappa shape index (κ2) is 8.67. The molecule has 150 valence electrons. The van der Waals surface area contributed by atoms with Crippen LogP contribution in [0.5, 0.6) is 0 Å². The molecule has 1 saturated heterocycles. The van der Waals surface area contributed by atoms with Crippen molar-refractivity contribution in [3.63, 3.8) is 0 Å². The fourth-order valence-electron chi connectivity index (χ4n) is 3.53. The minimum atomic E-state index is -2.06. The summed E-state index contributed by atoms with van der Waals surface area (Å²) in [6.45, 7) is 8.65. The van der Waals surface area contributed by atoms with Gasteiger partial charge in [0.1, 0.15) is 5.60 Å². The molecule has 1 aliphatic carbocycles. The second-order valence-electron chi connectivity index (χ2n) is 8.15. The van der Waals surface area contributed by atoms with Crippen LogP contribution in [-0.2, 0) is 23.8 Å². The molecule has 2 aliphatic rings. The highest BCUT2D eigenvalue weighted by Crippen LogP contribution is 2.32. The summed E-state index contributed by atoms with van der Waals surface area (Å²) in [5, 5.41) is 11.1. The van der Waals surface area contributed by atoms with Gasteiger partial charge in [0.25, 0.3) is 0 Å². The average molecular weight is 371 g/mol. The molecule has 0 radical (unpaired) electrons. The fourth-order valence-corrected chi connectivity index (χ4v) is 3.53. The summed E-state index contributed by atoms with van der Waals surface area (Å²) < 4.78 is 16.4. The number of carbonyl (C=O) groups excluding carboxylic acids is 2. The first kappa shape index (κ1) is 21.1. The molecule has 1 N–H and O–H groups in total. The number of rotatable bonds is 6. The third-order valence-electron chi connectivity index (χ3n) is 4.82. The van der Waals surface area contributed by atoms with Crippen molar-refractivity contribution in [3.8, 4) is 0 Å². The van der Waals surface area contributed by atoms with Crippen LogP contribution in [0.4, 0.5) is 0 Å². The molecule has 7 nitrogen and oxygen atoms in total. The van der Waals surface area contributed by atoms with Crippen LogP contribution in [0.2, 0.25) is 0 Å². The molecule has 2 rings (SSSR count). The van der Waals surface area contributed by atoms with E-state index in [0.717, 1.165) is 12.8 Å². The van der Waals surface area contributed by atoms with Gasteiger partial charge in [-0.05, 0) is 66.2 Å². The molecule has 1 heterocycles.